The first-order chi connectivity index (χ1) is 8.53. The number of methoxy groups -OCH3 is 1. The van der Waals surface area contributed by atoms with Gasteiger partial charge in [-0.15, -0.1) is 0 Å². The van der Waals surface area contributed by atoms with Crippen molar-refractivity contribution in [2.75, 3.05) is 13.7 Å². The summed E-state index contributed by atoms with van der Waals surface area (Å²) in [7, 11) is 1.56. The molecule has 0 amide bonds. The lowest BCUT2D eigenvalue weighted by Crippen LogP contribution is -2.62. The summed E-state index contributed by atoms with van der Waals surface area (Å²) in [6.07, 6.45) is 7.07. The van der Waals surface area contributed by atoms with E-state index in [-0.39, 0.29) is 12.5 Å². The van der Waals surface area contributed by atoms with Crippen LogP contribution in [-0.4, -0.2) is 36.4 Å². The molecule has 4 nitrogen and oxygen atoms in total. The van der Waals surface area contributed by atoms with Gasteiger partial charge in [0.2, 0.25) is 0 Å². The Bertz CT molecular complexity index is 260. The number of nitrogens with one attached hydrogen (secondary N) is 1. The fraction of sp³-hybridized carbons (Fsp3) is 0.929. The van der Waals surface area contributed by atoms with Crippen LogP contribution in [0.15, 0.2) is 0 Å². The zero-order chi connectivity index (χ0) is 13.6. The van der Waals surface area contributed by atoms with Crippen LogP contribution in [0.2, 0.25) is 0 Å². The molecule has 0 aliphatic heterocycles. The van der Waals surface area contributed by atoms with Crippen molar-refractivity contribution in [1.82, 2.24) is 5.32 Å². The van der Waals surface area contributed by atoms with Crippen molar-refractivity contribution in [3.63, 3.8) is 0 Å². The van der Waals surface area contributed by atoms with Crippen LogP contribution < -0.4 is 5.32 Å². The Labute approximate surface area is 110 Å². The Hall–Kier alpha value is -0.610. The highest BCUT2D eigenvalue weighted by atomic mass is 16.5. The highest BCUT2D eigenvalue weighted by Gasteiger charge is 2.43. The van der Waals surface area contributed by atoms with Crippen molar-refractivity contribution in [2.24, 2.45) is 5.92 Å². The van der Waals surface area contributed by atoms with Crippen molar-refractivity contribution in [1.29, 1.82) is 0 Å². The van der Waals surface area contributed by atoms with Gasteiger partial charge in [0.25, 0.3) is 0 Å². The molecule has 1 atom stereocenters. The van der Waals surface area contributed by atoms with E-state index in [1.54, 1.807) is 7.11 Å². The van der Waals surface area contributed by atoms with Gasteiger partial charge in [-0.3, -0.25) is 10.1 Å². The minimum absolute atomic E-state index is 0.00166. The minimum Gasteiger partial charge on any atom is -0.480 e. The molecule has 0 aromatic heterocycles. The second-order valence-electron chi connectivity index (χ2n) is 5.70. The lowest BCUT2D eigenvalue weighted by Gasteiger charge is -2.37. The van der Waals surface area contributed by atoms with E-state index in [1.807, 2.05) is 13.8 Å². The topological polar surface area (TPSA) is 58.6 Å². The molecule has 1 saturated carbocycles. The average molecular weight is 257 g/mol. The Morgan fingerprint density at radius 3 is 2.28 bits per heavy atom. The molecule has 1 aliphatic rings. The summed E-state index contributed by atoms with van der Waals surface area (Å²) in [5, 5.41) is 13.0. The zero-order valence-electron chi connectivity index (χ0n) is 11.9. The molecule has 1 aliphatic carbocycles. The number of rotatable bonds is 6. The second-order valence-corrected chi connectivity index (χ2v) is 5.70. The van der Waals surface area contributed by atoms with Gasteiger partial charge < -0.3 is 9.84 Å². The van der Waals surface area contributed by atoms with Crippen LogP contribution in [0.25, 0.3) is 0 Å². The van der Waals surface area contributed by atoms with Gasteiger partial charge >= 0.3 is 5.97 Å². The molecule has 0 bridgehead atoms. The third kappa shape index (κ3) is 3.69. The minimum atomic E-state index is -0.955. The van der Waals surface area contributed by atoms with Crippen LogP contribution in [0, 0.1) is 5.92 Å². The standard InChI is InChI=1S/C14H27NO3/c1-11(2)14(10-18-3,13(16)17)15-12-8-6-4-5-7-9-12/h11-12,15H,4-10H2,1-3H3,(H,16,17). The molecule has 18 heavy (non-hydrogen) atoms. The Balaban J connectivity index is 2.78. The molecule has 4 heteroatoms. The Kier molecular flexibility index (Phi) is 6.09. The van der Waals surface area contributed by atoms with E-state index in [2.05, 4.69) is 5.32 Å². The number of hydrogen-bond acceptors (Lipinski definition) is 3. The number of carbonyl (C=O) groups is 1. The quantitative estimate of drug-likeness (QED) is 0.717. The van der Waals surface area contributed by atoms with E-state index in [1.165, 1.54) is 25.7 Å². The summed E-state index contributed by atoms with van der Waals surface area (Å²) in [5.74, 6) is -0.804. The normalized spacial score (nSPS) is 21.6. The van der Waals surface area contributed by atoms with E-state index in [9.17, 15) is 9.90 Å². The lowest BCUT2D eigenvalue weighted by atomic mass is 9.85. The predicted octanol–water partition coefficient (Wildman–Crippen LogP) is 2.42. The third-order valence-corrected chi connectivity index (χ3v) is 4.06. The van der Waals surface area contributed by atoms with Crippen LogP contribution >= 0.6 is 0 Å². The van der Waals surface area contributed by atoms with Crippen molar-refractivity contribution >= 4 is 5.97 Å². The number of ether oxygens (including phenoxy) is 1. The van der Waals surface area contributed by atoms with Crippen LogP contribution in [0.1, 0.15) is 52.4 Å². The molecule has 0 saturated heterocycles. The molecule has 1 unspecified atom stereocenters. The van der Waals surface area contributed by atoms with Crippen LogP contribution in [0.5, 0.6) is 0 Å². The first-order valence-electron chi connectivity index (χ1n) is 7.03. The van der Waals surface area contributed by atoms with Gasteiger partial charge in [0.05, 0.1) is 6.61 Å². The summed E-state index contributed by atoms with van der Waals surface area (Å²) < 4.78 is 5.16. The highest BCUT2D eigenvalue weighted by Crippen LogP contribution is 2.24. The SMILES string of the molecule is COCC(NC1CCCCCC1)(C(=O)O)C(C)C. The van der Waals surface area contributed by atoms with Crippen LogP contribution in [0.3, 0.4) is 0 Å². The average Bonchev–Trinajstić information content (AvgIpc) is 2.56. The Morgan fingerprint density at radius 1 is 1.33 bits per heavy atom. The van der Waals surface area contributed by atoms with Crippen molar-refractivity contribution in [2.45, 2.75) is 64.0 Å². The third-order valence-electron chi connectivity index (χ3n) is 4.06. The van der Waals surface area contributed by atoms with E-state index < -0.39 is 11.5 Å². The number of hydrogen-bond donors (Lipinski definition) is 2. The molecule has 0 heterocycles. The fourth-order valence-electron chi connectivity index (χ4n) is 2.76. The Morgan fingerprint density at radius 2 is 1.89 bits per heavy atom. The molecule has 2 N–H and O–H groups in total. The molecule has 1 fully saturated rings. The molecule has 0 aromatic rings. The van der Waals surface area contributed by atoms with Gasteiger partial charge in [-0.2, -0.15) is 0 Å². The molecule has 106 valence electrons. The highest BCUT2D eigenvalue weighted by molar-refractivity contribution is 5.79. The predicted molar refractivity (Wildman–Crippen MR) is 71.7 cm³/mol. The van der Waals surface area contributed by atoms with Gasteiger partial charge in [0.1, 0.15) is 5.54 Å². The van der Waals surface area contributed by atoms with E-state index >= 15 is 0 Å². The van der Waals surface area contributed by atoms with Gasteiger partial charge in [0, 0.05) is 13.2 Å². The zero-order valence-corrected chi connectivity index (χ0v) is 11.9. The summed E-state index contributed by atoms with van der Waals surface area (Å²) >= 11 is 0. The molecule has 0 spiro atoms. The summed E-state index contributed by atoms with van der Waals surface area (Å²) in [5.41, 5.74) is -0.955. The van der Waals surface area contributed by atoms with Crippen LogP contribution in [0.4, 0.5) is 0 Å². The van der Waals surface area contributed by atoms with Gasteiger partial charge in [-0.25, -0.2) is 0 Å². The summed E-state index contributed by atoms with van der Waals surface area (Å²) in [4.78, 5) is 11.7. The van der Waals surface area contributed by atoms with Crippen LogP contribution in [-0.2, 0) is 9.53 Å². The van der Waals surface area contributed by atoms with E-state index in [0.29, 0.717) is 6.04 Å². The number of carboxylic acids is 1. The first kappa shape index (κ1) is 15.4. The number of carboxylic acid groups (broad SMARTS) is 1. The lowest BCUT2D eigenvalue weighted by molar-refractivity contribution is -0.150. The van der Waals surface area contributed by atoms with Crippen molar-refractivity contribution in [3.8, 4) is 0 Å². The number of aliphatic carboxylic acids is 1. The smallest absolute Gasteiger partial charge is 0.326 e. The fourth-order valence-corrected chi connectivity index (χ4v) is 2.76. The molecular formula is C14H27NO3. The maximum absolute atomic E-state index is 11.7. The maximum atomic E-state index is 11.7. The molecular weight excluding hydrogens is 230 g/mol. The molecule has 0 aromatic carbocycles. The van der Waals surface area contributed by atoms with Gasteiger partial charge in [-0.1, -0.05) is 39.5 Å². The first-order valence-corrected chi connectivity index (χ1v) is 7.03. The van der Waals surface area contributed by atoms with Crippen molar-refractivity contribution in [3.05, 3.63) is 0 Å². The summed E-state index contributed by atoms with van der Waals surface area (Å²) in [6, 6.07) is 0.307. The summed E-state index contributed by atoms with van der Waals surface area (Å²) in [6.45, 7) is 4.10. The molecule has 1 rings (SSSR count). The monoisotopic (exact) mass is 257 g/mol. The second kappa shape index (κ2) is 7.10. The van der Waals surface area contributed by atoms with Gasteiger partial charge in [0.15, 0.2) is 0 Å². The largest absolute Gasteiger partial charge is 0.480 e. The van der Waals surface area contributed by atoms with E-state index in [4.69, 9.17) is 4.74 Å². The maximum Gasteiger partial charge on any atom is 0.326 e. The van der Waals surface area contributed by atoms with Crippen molar-refractivity contribution < 1.29 is 14.6 Å². The van der Waals surface area contributed by atoms with E-state index in [0.717, 1.165) is 12.8 Å². The molecule has 0 radical (unpaired) electrons. The van der Waals surface area contributed by atoms with Gasteiger partial charge in [-0.05, 0) is 18.8 Å².